The van der Waals surface area contributed by atoms with E-state index in [0.717, 1.165) is 29.6 Å². The lowest BCUT2D eigenvalue weighted by molar-refractivity contribution is 0.0950. The average molecular weight is 502 g/mol. The van der Waals surface area contributed by atoms with Crippen molar-refractivity contribution >= 4 is 28.4 Å². The van der Waals surface area contributed by atoms with Crippen LogP contribution in [-0.4, -0.2) is 62.3 Å². The molecule has 4 N–H and O–H groups in total. The molecule has 1 amide bonds. The van der Waals surface area contributed by atoms with Gasteiger partial charge in [-0.1, -0.05) is 24.8 Å². The number of aliphatic hydroxyl groups is 1. The third kappa shape index (κ3) is 7.10. The van der Waals surface area contributed by atoms with Gasteiger partial charge in [-0.15, -0.1) is 0 Å². The van der Waals surface area contributed by atoms with Gasteiger partial charge in [0.15, 0.2) is 5.82 Å². The molecule has 37 heavy (non-hydrogen) atoms. The monoisotopic (exact) mass is 501 g/mol. The Bertz CT molecular complexity index is 1430. The summed E-state index contributed by atoms with van der Waals surface area (Å²) in [6, 6.07) is 13.0. The molecule has 0 aliphatic rings. The van der Waals surface area contributed by atoms with Crippen LogP contribution in [0, 0.1) is 17.7 Å². The van der Waals surface area contributed by atoms with Gasteiger partial charge in [-0.3, -0.25) is 9.89 Å². The molecule has 0 saturated heterocycles. The van der Waals surface area contributed by atoms with Crippen LogP contribution in [0.4, 0.5) is 16.0 Å². The van der Waals surface area contributed by atoms with Crippen LogP contribution in [0.3, 0.4) is 0 Å². The lowest BCUT2D eigenvalue weighted by Crippen LogP contribution is -2.27. The van der Waals surface area contributed by atoms with Crippen molar-refractivity contribution in [3.8, 4) is 11.8 Å². The molecule has 0 unspecified atom stereocenters. The van der Waals surface area contributed by atoms with Gasteiger partial charge in [0.25, 0.3) is 5.91 Å². The molecular formula is C27H28FN7O2. The van der Waals surface area contributed by atoms with E-state index in [9.17, 15) is 9.18 Å². The second-order valence-corrected chi connectivity index (χ2v) is 8.26. The quantitative estimate of drug-likeness (QED) is 0.246. The first-order valence-corrected chi connectivity index (χ1v) is 12.0. The van der Waals surface area contributed by atoms with Gasteiger partial charge in [0, 0.05) is 42.1 Å². The number of likely N-dealkylation sites (N-methyl/N-ethyl adjacent to an activating group) is 1. The van der Waals surface area contributed by atoms with E-state index < -0.39 is 5.82 Å². The first-order chi connectivity index (χ1) is 18.1. The van der Waals surface area contributed by atoms with E-state index in [1.165, 1.54) is 24.5 Å². The van der Waals surface area contributed by atoms with Crippen molar-refractivity contribution in [2.75, 3.05) is 31.6 Å². The predicted molar refractivity (Wildman–Crippen MR) is 140 cm³/mol. The SMILES string of the molecule is CCN(CCO)CCC#Cc1ccc2c(Nc3cc(CNC(=O)c4cccc(F)c4)[nH]n3)ncnc2c1. The van der Waals surface area contributed by atoms with Gasteiger partial charge in [0.1, 0.15) is 18.0 Å². The number of H-pyrrole nitrogens is 1. The third-order valence-electron chi connectivity index (χ3n) is 5.69. The molecule has 0 atom stereocenters. The van der Waals surface area contributed by atoms with Crippen LogP contribution in [-0.2, 0) is 6.54 Å². The number of nitrogens with zero attached hydrogens (tertiary/aromatic N) is 4. The molecule has 0 aliphatic heterocycles. The molecule has 0 bridgehead atoms. The summed E-state index contributed by atoms with van der Waals surface area (Å²) in [5, 5.41) is 22.9. The lowest BCUT2D eigenvalue weighted by Gasteiger charge is -2.16. The van der Waals surface area contributed by atoms with Gasteiger partial charge in [-0.2, -0.15) is 5.10 Å². The highest BCUT2D eigenvalue weighted by Crippen LogP contribution is 2.23. The highest BCUT2D eigenvalue weighted by atomic mass is 19.1. The number of carbonyl (C=O) groups is 1. The van der Waals surface area contributed by atoms with Crippen molar-refractivity contribution in [3.63, 3.8) is 0 Å². The molecule has 190 valence electrons. The summed E-state index contributed by atoms with van der Waals surface area (Å²) in [6.45, 7) is 4.76. The van der Waals surface area contributed by atoms with Gasteiger partial charge in [0.2, 0.25) is 0 Å². The minimum atomic E-state index is -0.463. The Morgan fingerprint density at radius 1 is 1.16 bits per heavy atom. The Hall–Kier alpha value is -4.33. The Morgan fingerprint density at radius 2 is 2.05 bits per heavy atom. The number of halogens is 1. The number of hydrogen-bond donors (Lipinski definition) is 4. The second-order valence-electron chi connectivity index (χ2n) is 8.26. The van der Waals surface area contributed by atoms with E-state index >= 15 is 0 Å². The van der Waals surface area contributed by atoms with E-state index in [-0.39, 0.29) is 24.6 Å². The molecule has 0 fully saturated rings. The molecule has 2 heterocycles. The summed E-state index contributed by atoms with van der Waals surface area (Å²) >= 11 is 0. The number of hydrogen-bond acceptors (Lipinski definition) is 7. The fourth-order valence-electron chi connectivity index (χ4n) is 3.73. The molecule has 0 spiro atoms. The van der Waals surface area contributed by atoms with Crippen LogP contribution in [0.1, 0.15) is 35.0 Å². The zero-order chi connectivity index (χ0) is 26.0. The van der Waals surface area contributed by atoms with E-state index in [1.807, 2.05) is 18.2 Å². The lowest BCUT2D eigenvalue weighted by atomic mass is 10.1. The first kappa shape index (κ1) is 25.8. The van der Waals surface area contributed by atoms with E-state index in [0.29, 0.717) is 30.3 Å². The first-order valence-electron chi connectivity index (χ1n) is 12.0. The molecule has 0 saturated carbocycles. The number of amides is 1. The molecular weight excluding hydrogens is 473 g/mol. The summed E-state index contributed by atoms with van der Waals surface area (Å²) in [7, 11) is 0. The van der Waals surface area contributed by atoms with Crippen molar-refractivity contribution in [1.82, 2.24) is 30.4 Å². The molecule has 0 radical (unpaired) electrons. The summed E-state index contributed by atoms with van der Waals surface area (Å²) in [5.41, 5.74) is 2.53. The maximum atomic E-state index is 13.3. The van der Waals surface area contributed by atoms with Crippen molar-refractivity contribution in [3.05, 3.63) is 77.5 Å². The van der Waals surface area contributed by atoms with E-state index in [2.05, 4.69) is 54.5 Å². The van der Waals surface area contributed by atoms with Crippen LogP contribution < -0.4 is 10.6 Å². The van der Waals surface area contributed by atoms with Crippen molar-refractivity contribution < 1.29 is 14.3 Å². The molecule has 10 heteroatoms. The molecule has 2 aromatic carbocycles. The van der Waals surface area contributed by atoms with Crippen molar-refractivity contribution in [2.45, 2.75) is 19.9 Å². The van der Waals surface area contributed by atoms with Crippen LogP contribution in [0.5, 0.6) is 0 Å². The van der Waals surface area contributed by atoms with E-state index in [4.69, 9.17) is 5.11 Å². The normalized spacial score (nSPS) is 10.8. The van der Waals surface area contributed by atoms with Crippen LogP contribution in [0.25, 0.3) is 10.9 Å². The van der Waals surface area contributed by atoms with Crippen molar-refractivity contribution in [1.29, 1.82) is 0 Å². The Labute approximate surface area is 214 Å². The summed E-state index contributed by atoms with van der Waals surface area (Å²) in [5.74, 6) is 6.64. The summed E-state index contributed by atoms with van der Waals surface area (Å²) in [6.07, 6.45) is 2.19. The standard InChI is InChI=1S/C27H28FN7O2/c1-2-35(12-13-36)11-4-3-6-19-9-10-23-24(14-19)30-18-31-26(23)32-25-16-22(33-34-25)17-29-27(37)20-7-5-8-21(28)15-20/h5,7-10,14-16,18,36H,2,4,11-13,17H2,1H3,(H,29,37)(H2,30,31,32,33,34). The highest BCUT2D eigenvalue weighted by Gasteiger charge is 2.10. The molecule has 4 aromatic rings. The number of fused-ring (bicyclic) bond motifs is 1. The van der Waals surface area contributed by atoms with Crippen LogP contribution >= 0.6 is 0 Å². The largest absolute Gasteiger partial charge is 0.395 e. The minimum Gasteiger partial charge on any atom is -0.395 e. The Morgan fingerprint density at radius 3 is 2.86 bits per heavy atom. The highest BCUT2D eigenvalue weighted by molar-refractivity contribution is 5.94. The number of nitrogens with one attached hydrogen (secondary N) is 3. The number of benzene rings is 2. The second kappa shape index (κ2) is 12.6. The van der Waals surface area contributed by atoms with Crippen LogP contribution in [0.2, 0.25) is 0 Å². The van der Waals surface area contributed by atoms with Gasteiger partial charge in [-0.05, 0) is 42.9 Å². The third-order valence-corrected chi connectivity index (χ3v) is 5.69. The maximum Gasteiger partial charge on any atom is 0.251 e. The molecule has 9 nitrogen and oxygen atoms in total. The Kier molecular flexibility index (Phi) is 8.75. The topological polar surface area (TPSA) is 119 Å². The number of aromatic amines is 1. The summed E-state index contributed by atoms with van der Waals surface area (Å²) < 4.78 is 13.3. The smallest absolute Gasteiger partial charge is 0.251 e. The van der Waals surface area contributed by atoms with Gasteiger partial charge in [-0.25, -0.2) is 14.4 Å². The minimum absolute atomic E-state index is 0.148. The number of rotatable bonds is 10. The van der Waals surface area contributed by atoms with Crippen molar-refractivity contribution in [2.24, 2.45) is 0 Å². The fraction of sp³-hybridized carbons (Fsp3) is 0.259. The molecule has 2 aromatic heterocycles. The number of carbonyl (C=O) groups excluding carboxylic acids is 1. The number of anilines is 2. The molecule has 4 rings (SSSR count). The zero-order valence-electron chi connectivity index (χ0n) is 20.5. The molecule has 0 aliphatic carbocycles. The Balaban J connectivity index is 1.37. The summed E-state index contributed by atoms with van der Waals surface area (Å²) in [4.78, 5) is 23.1. The average Bonchev–Trinajstić information content (AvgIpc) is 3.36. The fourth-order valence-corrected chi connectivity index (χ4v) is 3.73. The predicted octanol–water partition coefficient (Wildman–Crippen LogP) is 3.22. The number of aromatic nitrogens is 4. The van der Waals surface area contributed by atoms with E-state index in [1.54, 1.807) is 12.1 Å². The van der Waals surface area contributed by atoms with Gasteiger partial charge >= 0.3 is 0 Å². The van der Waals surface area contributed by atoms with Gasteiger partial charge in [0.05, 0.1) is 24.4 Å². The number of aliphatic hydroxyl groups excluding tert-OH is 1. The van der Waals surface area contributed by atoms with Gasteiger partial charge < -0.3 is 20.6 Å². The zero-order valence-corrected chi connectivity index (χ0v) is 20.5. The maximum absolute atomic E-state index is 13.3. The van der Waals surface area contributed by atoms with Crippen LogP contribution in [0.15, 0.2) is 54.9 Å².